The van der Waals surface area contributed by atoms with E-state index in [1.807, 2.05) is 0 Å². The van der Waals surface area contributed by atoms with Crippen LogP contribution in [0.15, 0.2) is 45.6 Å². The highest BCUT2D eigenvalue weighted by molar-refractivity contribution is 6.13. The van der Waals surface area contributed by atoms with Crippen molar-refractivity contribution in [2.45, 2.75) is 6.92 Å². The monoisotopic (exact) mass is 328 g/mol. The highest BCUT2D eigenvalue weighted by Gasteiger charge is 2.25. The van der Waals surface area contributed by atoms with Gasteiger partial charge in [0.15, 0.2) is 6.61 Å². The van der Waals surface area contributed by atoms with Crippen LogP contribution in [0.5, 0.6) is 5.75 Å². The lowest BCUT2D eigenvalue weighted by molar-refractivity contribution is -0.147. The van der Waals surface area contributed by atoms with E-state index in [1.54, 1.807) is 19.1 Å². The van der Waals surface area contributed by atoms with E-state index in [4.69, 9.17) is 9.15 Å². The topological polar surface area (TPSA) is 106 Å². The molecule has 3 amide bonds. The van der Waals surface area contributed by atoms with Crippen molar-refractivity contribution in [3.05, 3.63) is 52.4 Å². The van der Waals surface area contributed by atoms with Crippen LogP contribution in [-0.2, 0) is 14.4 Å². The van der Waals surface area contributed by atoms with E-state index in [2.05, 4.69) is 5.43 Å². The van der Waals surface area contributed by atoms with Crippen molar-refractivity contribution < 1.29 is 23.5 Å². The fourth-order valence-corrected chi connectivity index (χ4v) is 2.21. The van der Waals surface area contributed by atoms with Crippen LogP contribution in [0.2, 0.25) is 0 Å². The largest absolute Gasteiger partial charge is 0.484 e. The Hall–Kier alpha value is -3.42. The molecule has 1 N–H and O–H groups in total. The fourth-order valence-electron chi connectivity index (χ4n) is 2.21. The normalized spacial score (nSPS) is 13.6. The number of nitrogens with one attached hydrogen (secondary N) is 1. The maximum atomic E-state index is 11.8. The molecule has 0 saturated carbocycles. The standard InChI is InChI=1S/C16H12N2O6/c1-9-6-16(22)24-12-7-10(2-3-11(9)12)23-8-13(19)17-18-14(20)4-5-15(18)21/h2-7H,8H2,1H3,(H,17,19). The summed E-state index contributed by atoms with van der Waals surface area (Å²) in [6, 6.07) is 6.20. The van der Waals surface area contributed by atoms with E-state index in [1.165, 1.54) is 12.1 Å². The average Bonchev–Trinajstić information content (AvgIpc) is 2.84. The van der Waals surface area contributed by atoms with Crippen LogP contribution in [0.1, 0.15) is 5.56 Å². The number of hydrogen-bond acceptors (Lipinski definition) is 6. The first-order chi connectivity index (χ1) is 11.4. The van der Waals surface area contributed by atoms with Crippen molar-refractivity contribution in [2.75, 3.05) is 6.61 Å². The van der Waals surface area contributed by atoms with Crippen molar-refractivity contribution in [1.29, 1.82) is 0 Å². The quantitative estimate of drug-likeness (QED) is 0.645. The minimum atomic E-state index is -0.675. The molecule has 0 radical (unpaired) electrons. The maximum absolute atomic E-state index is 11.8. The van der Waals surface area contributed by atoms with Crippen LogP contribution < -0.4 is 15.8 Å². The predicted octanol–water partition coefficient (Wildman–Crippen LogP) is 0.436. The smallest absolute Gasteiger partial charge is 0.336 e. The highest BCUT2D eigenvalue weighted by Crippen LogP contribution is 2.22. The Bertz CT molecular complexity index is 925. The molecule has 3 rings (SSSR count). The van der Waals surface area contributed by atoms with Crippen molar-refractivity contribution in [1.82, 2.24) is 10.4 Å². The number of carbonyl (C=O) groups is 3. The third-order valence-electron chi connectivity index (χ3n) is 3.34. The molecule has 0 unspecified atom stereocenters. The lowest BCUT2D eigenvalue weighted by Crippen LogP contribution is -2.47. The van der Waals surface area contributed by atoms with Crippen molar-refractivity contribution >= 4 is 28.7 Å². The molecule has 1 aromatic heterocycles. The summed E-state index contributed by atoms with van der Waals surface area (Å²) in [6.07, 6.45) is 2.11. The molecular formula is C16H12N2O6. The second-order valence-corrected chi connectivity index (χ2v) is 5.08. The van der Waals surface area contributed by atoms with Crippen molar-refractivity contribution in [3.63, 3.8) is 0 Å². The number of carbonyl (C=O) groups excluding carboxylic acids is 3. The first-order valence-electron chi connectivity index (χ1n) is 6.97. The van der Waals surface area contributed by atoms with Crippen molar-refractivity contribution in [2.24, 2.45) is 0 Å². The van der Waals surface area contributed by atoms with Gasteiger partial charge >= 0.3 is 5.63 Å². The number of imide groups is 1. The molecule has 0 spiro atoms. The van der Waals surface area contributed by atoms with Gasteiger partial charge in [-0.2, -0.15) is 5.01 Å². The minimum absolute atomic E-state index is 0.309. The van der Waals surface area contributed by atoms with E-state index in [0.717, 1.165) is 23.1 Å². The van der Waals surface area contributed by atoms with Crippen molar-refractivity contribution in [3.8, 4) is 5.75 Å². The van der Waals surface area contributed by atoms with Gasteiger partial charge in [0.2, 0.25) is 0 Å². The van der Waals surface area contributed by atoms with E-state index in [0.29, 0.717) is 16.3 Å². The lowest BCUT2D eigenvalue weighted by atomic mass is 10.1. The average molecular weight is 328 g/mol. The Kier molecular flexibility index (Phi) is 3.87. The van der Waals surface area contributed by atoms with Gasteiger partial charge in [0.05, 0.1) is 0 Å². The molecule has 24 heavy (non-hydrogen) atoms. The van der Waals surface area contributed by atoms with Gasteiger partial charge < -0.3 is 9.15 Å². The Morgan fingerprint density at radius 3 is 2.58 bits per heavy atom. The zero-order valence-corrected chi connectivity index (χ0v) is 12.6. The molecular weight excluding hydrogens is 316 g/mol. The predicted molar refractivity (Wildman–Crippen MR) is 81.9 cm³/mol. The van der Waals surface area contributed by atoms with E-state index in [-0.39, 0.29) is 0 Å². The van der Waals surface area contributed by atoms with Gasteiger partial charge in [0, 0.05) is 29.7 Å². The number of fused-ring (bicyclic) bond motifs is 1. The van der Waals surface area contributed by atoms with Crippen LogP contribution in [0, 0.1) is 6.92 Å². The molecule has 1 aromatic carbocycles. The number of hydrogen-bond donors (Lipinski definition) is 1. The lowest BCUT2D eigenvalue weighted by Gasteiger charge is -2.15. The summed E-state index contributed by atoms with van der Waals surface area (Å²) in [5.41, 5.74) is 2.77. The number of rotatable bonds is 4. The number of hydrazine groups is 1. The zero-order chi connectivity index (χ0) is 17.3. The summed E-state index contributed by atoms with van der Waals surface area (Å²) in [6.45, 7) is 1.37. The second-order valence-electron chi connectivity index (χ2n) is 5.08. The SMILES string of the molecule is Cc1cc(=O)oc2cc(OCC(=O)NN3C(=O)C=CC3=O)ccc12. The van der Waals surface area contributed by atoms with Gasteiger partial charge in [-0.15, -0.1) is 0 Å². The summed E-state index contributed by atoms with van der Waals surface area (Å²) < 4.78 is 10.4. The van der Waals surface area contributed by atoms with Gasteiger partial charge in [0.1, 0.15) is 11.3 Å². The Balaban J connectivity index is 1.67. The maximum Gasteiger partial charge on any atom is 0.336 e. The second kappa shape index (κ2) is 5.99. The number of aryl methyl sites for hydroxylation is 1. The van der Waals surface area contributed by atoms with Crippen LogP contribution in [0.4, 0.5) is 0 Å². The summed E-state index contributed by atoms with van der Waals surface area (Å²) >= 11 is 0. The molecule has 8 nitrogen and oxygen atoms in total. The van der Waals surface area contributed by atoms with Gasteiger partial charge in [-0.1, -0.05) is 0 Å². The Morgan fingerprint density at radius 1 is 1.17 bits per heavy atom. The molecule has 0 aliphatic carbocycles. The minimum Gasteiger partial charge on any atom is -0.484 e. The molecule has 1 aliphatic heterocycles. The number of benzene rings is 1. The van der Waals surface area contributed by atoms with Crippen LogP contribution >= 0.6 is 0 Å². The molecule has 2 aromatic rings. The number of nitrogens with zero attached hydrogens (tertiary/aromatic N) is 1. The van der Waals surface area contributed by atoms with E-state index < -0.39 is 30.0 Å². The first-order valence-corrected chi connectivity index (χ1v) is 6.97. The molecule has 0 bridgehead atoms. The van der Waals surface area contributed by atoms with Crippen LogP contribution in [0.3, 0.4) is 0 Å². The fraction of sp³-hybridized carbons (Fsp3) is 0.125. The molecule has 2 heterocycles. The third kappa shape index (κ3) is 3.02. The third-order valence-corrected chi connectivity index (χ3v) is 3.34. The summed E-state index contributed by atoms with van der Waals surface area (Å²) in [4.78, 5) is 45.8. The van der Waals surface area contributed by atoms with Gasteiger partial charge in [0.25, 0.3) is 17.7 Å². The van der Waals surface area contributed by atoms with Gasteiger partial charge in [-0.3, -0.25) is 19.8 Å². The summed E-state index contributed by atoms with van der Waals surface area (Å²) in [5.74, 6) is -1.62. The summed E-state index contributed by atoms with van der Waals surface area (Å²) in [7, 11) is 0. The van der Waals surface area contributed by atoms with E-state index in [9.17, 15) is 19.2 Å². The molecule has 8 heteroatoms. The first kappa shape index (κ1) is 15.5. The number of ether oxygens (including phenoxy) is 1. The molecule has 1 aliphatic rings. The molecule has 0 saturated heterocycles. The Labute approximate surface area is 135 Å². The van der Waals surface area contributed by atoms with Gasteiger partial charge in [-0.25, -0.2) is 4.79 Å². The number of amides is 3. The van der Waals surface area contributed by atoms with Gasteiger partial charge in [-0.05, 0) is 24.6 Å². The van der Waals surface area contributed by atoms with Crippen LogP contribution in [0.25, 0.3) is 11.0 Å². The molecule has 0 fully saturated rings. The zero-order valence-electron chi connectivity index (χ0n) is 12.6. The highest BCUT2D eigenvalue weighted by atomic mass is 16.5. The van der Waals surface area contributed by atoms with E-state index >= 15 is 0 Å². The molecule has 0 atom stereocenters. The van der Waals surface area contributed by atoms with Crippen LogP contribution in [-0.4, -0.2) is 29.3 Å². The molecule has 122 valence electrons. The Morgan fingerprint density at radius 2 is 1.88 bits per heavy atom. The summed E-state index contributed by atoms with van der Waals surface area (Å²) in [5, 5.41) is 1.35.